The van der Waals surface area contributed by atoms with Crippen LogP contribution in [0, 0.1) is 17.8 Å². The maximum absolute atomic E-state index is 14.6. The van der Waals surface area contributed by atoms with E-state index >= 15 is 0 Å². The molecule has 5 aromatic rings. The molecule has 2 saturated heterocycles. The summed E-state index contributed by atoms with van der Waals surface area (Å²) < 4.78 is 41.8. The van der Waals surface area contributed by atoms with Crippen LogP contribution < -0.4 is 26.2 Å². The molecule has 7 amide bonds. The number of nitrogens with zero attached hydrogens (tertiary/aromatic N) is 4. The zero-order valence-corrected chi connectivity index (χ0v) is 53.6. The number of alkyl halides is 2. The molecule has 0 bridgehead atoms. The van der Waals surface area contributed by atoms with Crippen LogP contribution in [0.4, 0.5) is 14.5 Å². The Labute approximate surface area is 516 Å². The molecule has 5 atom stereocenters. The van der Waals surface area contributed by atoms with Crippen molar-refractivity contribution in [2.24, 2.45) is 10.8 Å². The van der Waals surface area contributed by atoms with Crippen LogP contribution in [0.2, 0.25) is 0 Å². The second kappa shape index (κ2) is 28.9. The number of halogens is 3. The third-order valence-corrected chi connectivity index (χ3v) is 19.1. The number of β-amino-alcohol motifs (C(OH)–C–C–N with tert-alkyl or cyclic N) is 1. The van der Waals surface area contributed by atoms with Crippen molar-refractivity contribution >= 4 is 103 Å². The molecule has 0 aliphatic carbocycles. The lowest BCUT2D eigenvalue weighted by Gasteiger charge is -2.36. The number of carbonyl (C=O) groups is 7. The van der Waals surface area contributed by atoms with E-state index < -0.39 is 83.6 Å². The number of aliphatic hydroxyl groups excluding tert-OH is 1. The number of fused-ring (bicyclic) bond motifs is 1. The van der Waals surface area contributed by atoms with Crippen molar-refractivity contribution in [2.45, 2.75) is 162 Å². The van der Waals surface area contributed by atoms with Gasteiger partial charge in [0.2, 0.25) is 35.4 Å². The molecule has 0 unspecified atom stereocenters. The van der Waals surface area contributed by atoms with Gasteiger partial charge >= 0.3 is 13.3 Å². The predicted molar refractivity (Wildman–Crippen MR) is 331 cm³/mol. The largest absolute Gasteiger partial charge is 0.399 e. The highest BCUT2D eigenvalue weighted by molar-refractivity contribution is 9.10. The number of aryl methyl sites for hydroxylation is 1. The number of anilines is 1. The minimum Gasteiger partial charge on any atom is -0.391 e. The molecule has 7 N–H and O–H groups in total. The van der Waals surface area contributed by atoms with E-state index in [-0.39, 0.29) is 73.4 Å². The lowest BCUT2D eigenvalue weighted by molar-refractivity contribution is -0.144. The molecule has 2 aliphatic rings. The van der Waals surface area contributed by atoms with Crippen LogP contribution >= 0.6 is 46.2 Å². The zero-order valence-electron chi connectivity index (χ0n) is 49.5. The third-order valence-electron chi connectivity index (χ3n) is 15.5. The number of likely N-dealkylation sites (tertiary alicyclic amines) is 2. The summed E-state index contributed by atoms with van der Waals surface area (Å²) in [5, 5.41) is 22.4. The fourth-order valence-electron chi connectivity index (χ4n) is 10.6. The van der Waals surface area contributed by atoms with Gasteiger partial charge in [-0.05, 0) is 102 Å². The summed E-state index contributed by atoms with van der Waals surface area (Å²) >= 11 is 5.96. The predicted octanol–water partition coefficient (Wildman–Crippen LogP) is 9.54. The number of amides is 7. The topological polar surface area (TPSA) is 268 Å². The van der Waals surface area contributed by atoms with E-state index in [2.05, 4.69) is 42.2 Å². The van der Waals surface area contributed by atoms with E-state index in [4.69, 9.17) is 0 Å². The Hall–Kier alpha value is -6.01. The van der Waals surface area contributed by atoms with E-state index in [1.54, 1.807) is 61.9 Å². The molecule has 466 valence electrons. The number of benzene rings is 3. The van der Waals surface area contributed by atoms with Gasteiger partial charge in [-0.1, -0.05) is 113 Å². The van der Waals surface area contributed by atoms with Crippen LogP contribution in [0.3, 0.4) is 0 Å². The Morgan fingerprint density at radius 2 is 1.43 bits per heavy atom. The van der Waals surface area contributed by atoms with E-state index in [0.29, 0.717) is 42.6 Å². The van der Waals surface area contributed by atoms with E-state index in [1.807, 2.05) is 52.0 Å². The molecular weight excluding hydrogens is 1230 g/mol. The Kier molecular flexibility index (Phi) is 22.7. The average Bonchev–Trinajstić information content (AvgIpc) is 1.79. The van der Waals surface area contributed by atoms with E-state index in [9.17, 15) is 61.8 Å². The summed E-state index contributed by atoms with van der Waals surface area (Å²) in [5.41, 5.74) is -1.73. The SMILES string of the molecule is Cc1ncsc1-c1ccc(CNC(=O)[C@@H]2C[C@@H](O)CN2C(=O)[C@@H](NC(=O)CCCCCCCCNC(=O)CCN(C(=O)[C@@H]2CCCN2C(=O)[C@@H](NC(=O)c2cc3cc(C(F)(F)P(=O)(O)O)ccc3s2)C(C)(C)C)c2ccc(Br)cc2)C(C)(C)C)cc1. The Morgan fingerprint density at radius 3 is 2.07 bits per heavy atom. The fourth-order valence-corrected chi connectivity index (χ4v) is 13.1. The second-order valence-electron chi connectivity index (χ2n) is 24.3. The highest BCUT2D eigenvalue weighted by Gasteiger charge is 2.51. The summed E-state index contributed by atoms with van der Waals surface area (Å²) in [4.78, 5) is 125. The molecule has 3 aromatic carbocycles. The third kappa shape index (κ3) is 17.2. The molecular formula is C61H78BrF2N8O11PS2. The van der Waals surface area contributed by atoms with Gasteiger partial charge in [-0.25, -0.2) is 4.98 Å². The quantitative estimate of drug-likeness (QED) is 0.0213. The van der Waals surface area contributed by atoms with Gasteiger partial charge in [-0.15, -0.1) is 22.7 Å². The van der Waals surface area contributed by atoms with E-state index in [0.717, 1.165) is 75.3 Å². The first-order valence-corrected chi connectivity index (χ1v) is 33.0. The Balaban J connectivity index is 0.840. The standard InChI is InChI=1S/C61H78BrF2N8O11PS2/c1-37-51(85-36-67-37)39-19-17-38(18-20-39)34-66-54(76)46-33-44(73)35-72(46)58(80)52(59(2,3)4)68-50(75)16-12-10-8-9-11-13-28-65-49(74)27-30-70(43-24-22-42(62)23-25-43)56(78)45-15-14-29-71(45)57(79)53(60(5,6)7)69-55(77)48-32-40-31-41(21-26-47(40)86-48)61(63,64)84(81,82)83/h17-26,31-32,36,44-46,52-53,73H,8-16,27-30,33-35H2,1-7H3,(H,65,74)(H,66,76)(H,68,75)(H,69,77)(H2,81,82,83)/t44-,45+,46+,52-,53-/m1/s1. The maximum Gasteiger partial charge on any atom is 0.399 e. The Morgan fingerprint density at radius 1 is 0.791 bits per heavy atom. The van der Waals surface area contributed by atoms with Gasteiger partial charge in [0, 0.05) is 72.4 Å². The van der Waals surface area contributed by atoms with Crippen molar-refractivity contribution in [3.8, 4) is 10.4 Å². The van der Waals surface area contributed by atoms with E-state index in [1.165, 1.54) is 26.8 Å². The number of carbonyl (C=O) groups excluding carboxylic acids is 7. The van der Waals surface area contributed by atoms with Crippen LogP contribution in [0.1, 0.15) is 139 Å². The zero-order chi connectivity index (χ0) is 62.9. The first kappa shape index (κ1) is 67.5. The summed E-state index contributed by atoms with van der Waals surface area (Å²) in [6, 6.07) is 15.4. The second-order valence-corrected chi connectivity index (χ2v) is 28.8. The number of hydrogen-bond acceptors (Lipinski definition) is 12. The fraction of sp³-hybridized carbons (Fsp3) is 0.508. The Bertz CT molecular complexity index is 3290. The summed E-state index contributed by atoms with van der Waals surface area (Å²) in [5.74, 6) is -2.92. The first-order chi connectivity index (χ1) is 40.4. The van der Waals surface area contributed by atoms with Crippen molar-refractivity contribution in [1.29, 1.82) is 0 Å². The van der Waals surface area contributed by atoms with Gasteiger partial charge in [0.25, 0.3) is 5.91 Å². The molecule has 19 nitrogen and oxygen atoms in total. The molecule has 4 heterocycles. The summed E-state index contributed by atoms with van der Waals surface area (Å²) in [6.45, 7) is 13.6. The smallest absolute Gasteiger partial charge is 0.391 e. The highest BCUT2D eigenvalue weighted by Crippen LogP contribution is 2.59. The molecule has 0 radical (unpaired) electrons. The number of thiophene rings is 1. The normalized spacial score (nSPS) is 17.3. The van der Waals surface area contributed by atoms with Crippen LogP contribution in [0.25, 0.3) is 20.5 Å². The van der Waals surface area contributed by atoms with Gasteiger partial charge in [0.15, 0.2) is 0 Å². The number of aliphatic hydroxyl groups is 1. The van der Waals surface area contributed by atoms with Gasteiger partial charge in [-0.2, -0.15) is 8.78 Å². The molecule has 25 heteroatoms. The number of nitrogens with one attached hydrogen (secondary N) is 4. The van der Waals surface area contributed by atoms with Crippen LogP contribution in [0.5, 0.6) is 0 Å². The van der Waals surface area contributed by atoms with Crippen molar-refractivity contribution in [2.75, 3.05) is 31.1 Å². The van der Waals surface area contributed by atoms with Gasteiger partial charge in [0.05, 0.1) is 27.1 Å². The van der Waals surface area contributed by atoms with Crippen LogP contribution in [0.15, 0.2) is 82.8 Å². The highest BCUT2D eigenvalue weighted by atomic mass is 79.9. The summed E-state index contributed by atoms with van der Waals surface area (Å²) in [7, 11) is -5.84. The minimum absolute atomic E-state index is 0.0148. The molecule has 7 rings (SSSR count). The first-order valence-electron chi connectivity index (χ1n) is 28.9. The number of thiazole rings is 1. The molecule has 2 fully saturated rings. The van der Waals surface area contributed by atoms with Crippen LogP contribution in [-0.2, 0) is 45.5 Å². The van der Waals surface area contributed by atoms with Crippen molar-refractivity contribution in [1.82, 2.24) is 36.1 Å². The average molecular weight is 1310 g/mol. The lowest BCUT2D eigenvalue weighted by atomic mass is 9.85. The molecule has 2 aromatic heterocycles. The molecule has 0 spiro atoms. The number of hydrogen-bond donors (Lipinski definition) is 7. The number of unbranched alkanes of at least 4 members (excludes halogenated alkanes) is 5. The van der Waals surface area contributed by atoms with Crippen molar-refractivity contribution in [3.05, 3.63) is 104 Å². The maximum atomic E-state index is 14.6. The van der Waals surface area contributed by atoms with Crippen molar-refractivity contribution in [3.63, 3.8) is 0 Å². The summed E-state index contributed by atoms with van der Waals surface area (Å²) in [6.07, 6.45) is 4.81. The molecule has 86 heavy (non-hydrogen) atoms. The van der Waals surface area contributed by atoms with Crippen molar-refractivity contribution < 1.29 is 61.8 Å². The van der Waals surface area contributed by atoms with Gasteiger partial charge in [-0.3, -0.25) is 38.1 Å². The van der Waals surface area contributed by atoms with Gasteiger partial charge in [0.1, 0.15) is 24.2 Å². The monoisotopic (exact) mass is 1310 g/mol. The molecule has 2 aliphatic heterocycles. The number of rotatable bonds is 25. The lowest BCUT2D eigenvalue weighted by Crippen LogP contribution is -2.58. The molecule has 0 saturated carbocycles. The minimum atomic E-state index is -5.84. The van der Waals surface area contributed by atoms with Crippen LogP contribution in [-0.4, -0.2) is 127 Å². The van der Waals surface area contributed by atoms with Gasteiger partial charge < -0.3 is 50.9 Å². The number of aromatic nitrogens is 1.